The van der Waals surface area contributed by atoms with Crippen molar-refractivity contribution in [3.05, 3.63) is 35.5 Å². The third kappa shape index (κ3) is 2.91. The highest BCUT2D eigenvalue weighted by Gasteiger charge is 2.25. The summed E-state index contributed by atoms with van der Waals surface area (Å²) in [5.41, 5.74) is 2.52. The summed E-state index contributed by atoms with van der Waals surface area (Å²) in [6.45, 7) is 5.53. The zero-order valence-electron chi connectivity index (χ0n) is 12.7. The summed E-state index contributed by atoms with van der Waals surface area (Å²) in [5, 5.41) is 12.7. The Labute approximate surface area is 123 Å². The molecule has 0 aliphatic heterocycles. The number of hydrogen-bond acceptors (Lipinski definition) is 2. The average Bonchev–Trinajstić information content (AvgIpc) is 2.71. The molecule has 1 amide bonds. The van der Waals surface area contributed by atoms with Crippen LogP contribution in [-0.4, -0.2) is 27.6 Å². The molecule has 5 heteroatoms. The van der Waals surface area contributed by atoms with Crippen LogP contribution in [0.4, 0.5) is 0 Å². The zero-order valence-corrected chi connectivity index (χ0v) is 12.7. The molecular formula is C16H20N2O3. The third-order valence-corrected chi connectivity index (χ3v) is 3.65. The third-order valence-electron chi connectivity index (χ3n) is 3.65. The Morgan fingerprint density at radius 3 is 2.48 bits per heavy atom. The number of aryl methyl sites for hydroxylation is 2. The van der Waals surface area contributed by atoms with E-state index in [1.165, 1.54) is 0 Å². The van der Waals surface area contributed by atoms with E-state index >= 15 is 0 Å². The molecular weight excluding hydrogens is 268 g/mol. The first-order valence-electron chi connectivity index (χ1n) is 6.91. The van der Waals surface area contributed by atoms with Crippen LogP contribution >= 0.6 is 0 Å². The van der Waals surface area contributed by atoms with E-state index < -0.39 is 12.0 Å². The molecule has 21 heavy (non-hydrogen) atoms. The molecule has 2 rings (SSSR count). The van der Waals surface area contributed by atoms with Crippen molar-refractivity contribution in [2.24, 2.45) is 13.0 Å². The Bertz CT molecular complexity index is 701. The fourth-order valence-corrected chi connectivity index (χ4v) is 2.42. The Morgan fingerprint density at radius 2 is 1.90 bits per heavy atom. The number of nitrogens with zero attached hydrogens (tertiary/aromatic N) is 1. The standard InChI is InChI=1S/C16H20N2O3/c1-9(2)14(16(20)21)17-15(19)13-8-11-7-10(3)5-6-12(11)18(13)4/h5-9,14H,1-4H3,(H,17,19)(H,20,21)/t14-/m0/s1. The van der Waals surface area contributed by atoms with Crippen LogP contribution in [0.1, 0.15) is 29.9 Å². The predicted octanol–water partition coefficient (Wildman–Crippen LogP) is 2.33. The Balaban J connectivity index is 2.35. The van der Waals surface area contributed by atoms with E-state index in [4.69, 9.17) is 5.11 Å². The number of benzene rings is 1. The lowest BCUT2D eigenvalue weighted by Crippen LogP contribution is -2.44. The number of fused-ring (bicyclic) bond motifs is 1. The van der Waals surface area contributed by atoms with Crippen LogP contribution in [0, 0.1) is 12.8 Å². The monoisotopic (exact) mass is 288 g/mol. The molecule has 0 aliphatic rings. The maximum atomic E-state index is 12.3. The topological polar surface area (TPSA) is 71.3 Å². The summed E-state index contributed by atoms with van der Waals surface area (Å²) < 4.78 is 1.78. The first-order chi connectivity index (χ1) is 9.81. The fraction of sp³-hybridized carbons (Fsp3) is 0.375. The van der Waals surface area contributed by atoms with Gasteiger partial charge in [0, 0.05) is 18.0 Å². The van der Waals surface area contributed by atoms with Crippen molar-refractivity contribution in [1.29, 1.82) is 0 Å². The minimum atomic E-state index is -1.02. The quantitative estimate of drug-likeness (QED) is 0.907. The van der Waals surface area contributed by atoms with Crippen molar-refractivity contribution in [2.45, 2.75) is 26.8 Å². The molecule has 112 valence electrons. The summed E-state index contributed by atoms with van der Waals surface area (Å²) in [5.74, 6) is -1.57. The molecule has 1 aromatic carbocycles. The molecule has 0 saturated heterocycles. The van der Waals surface area contributed by atoms with Crippen LogP contribution in [0.3, 0.4) is 0 Å². The number of amides is 1. The molecule has 5 nitrogen and oxygen atoms in total. The molecule has 0 aliphatic carbocycles. The normalized spacial score (nSPS) is 12.6. The van der Waals surface area contributed by atoms with Gasteiger partial charge in [-0.25, -0.2) is 4.79 Å². The second-order valence-corrected chi connectivity index (χ2v) is 5.68. The first kappa shape index (κ1) is 15.1. The molecule has 2 N–H and O–H groups in total. The van der Waals surface area contributed by atoms with Gasteiger partial charge >= 0.3 is 5.97 Å². The number of rotatable bonds is 4. The van der Waals surface area contributed by atoms with Gasteiger partial charge in [-0.15, -0.1) is 0 Å². The lowest BCUT2D eigenvalue weighted by molar-refractivity contribution is -0.140. The highest BCUT2D eigenvalue weighted by molar-refractivity contribution is 6.00. The molecule has 0 bridgehead atoms. The van der Waals surface area contributed by atoms with Crippen LogP contribution in [0.25, 0.3) is 10.9 Å². The first-order valence-corrected chi connectivity index (χ1v) is 6.91. The van der Waals surface area contributed by atoms with Gasteiger partial charge in [0.15, 0.2) is 0 Å². The van der Waals surface area contributed by atoms with Gasteiger partial charge in [0.05, 0.1) is 0 Å². The fourth-order valence-electron chi connectivity index (χ4n) is 2.42. The van der Waals surface area contributed by atoms with Crippen molar-refractivity contribution in [2.75, 3.05) is 0 Å². The van der Waals surface area contributed by atoms with E-state index in [-0.39, 0.29) is 11.8 Å². The Hall–Kier alpha value is -2.30. The van der Waals surface area contributed by atoms with E-state index in [9.17, 15) is 9.59 Å². The Kier molecular flexibility index (Phi) is 4.02. The number of nitrogens with one attached hydrogen (secondary N) is 1. The molecule has 0 unspecified atom stereocenters. The van der Waals surface area contributed by atoms with Crippen molar-refractivity contribution in [1.82, 2.24) is 9.88 Å². The molecule has 1 heterocycles. The summed E-state index contributed by atoms with van der Waals surface area (Å²) >= 11 is 0. The maximum Gasteiger partial charge on any atom is 0.326 e. The number of carbonyl (C=O) groups excluding carboxylic acids is 1. The van der Waals surface area contributed by atoms with Crippen LogP contribution in [0.5, 0.6) is 0 Å². The van der Waals surface area contributed by atoms with Gasteiger partial charge in [-0.2, -0.15) is 0 Å². The van der Waals surface area contributed by atoms with Crippen LogP contribution in [0.15, 0.2) is 24.3 Å². The van der Waals surface area contributed by atoms with Gasteiger partial charge in [0.25, 0.3) is 5.91 Å². The van der Waals surface area contributed by atoms with Crippen LogP contribution in [0.2, 0.25) is 0 Å². The van der Waals surface area contributed by atoms with Gasteiger partial charge < -0.3 is 15.0 Å². The molecule has 0 spiro atoms. The summed E-state index contributed by atoms with van der Waals surface area (Å²) in [6, 6.07) is 6.84. The van der Waals surface area contributed by atoms with Gasteiger partial charge in [0.1, 0.15) is 11.7 Å². The minimum Gasteiger partial charge on any atom is -0.480 e. The lowest BCUT2D eigenvalue weighted by Gasteiger charge is -2.18. The minimum absolute atomic E-state index is 0.177. The molecule has 0 radical (unpaired) electrons. The van der Waals surface area contributed by atoms with Crippen LogP contribution in [-0.2, 0) is 11.8 Å². The SMILES string of the molecule is Cc1ccc2c(c1)cc(C(=O)N[C@H](C(=O)O)C(C)C)n2C. The lowest BCUT2D eigenvalue weighted by atomic mass is 10.0. The maximum absolute atomic E-state index is 12.3. The van der Waals surface area contributed by atoms with Gasteiger partial charge in [0.2, 0.25) is 0 Å². The van der Waals surface area contributed by atoms with Crippen molar-refractivity contribution in [3.8, 4) is 0 Å². The Morgan fingerprint density at radius 1 is 1.24 bits per heavy atom. The smallest absolute Gasteiger partial charge is 0.326 e. The molecule has 1 atom stereocenters. The van der Waals surface area contributed by atoms with Crippen LogP contribution < -0.4 is 5.32 Å². The second kappa shape index (κ2) is 5.60. The highest BCUT2D eigenvalue weighted by atomic mass is 16.4. The van der Waals surface area contributed by atoms with Crippen molar-refractivity contribution >= 4 is 22.8 Å². The summed E-state index contributed by atoms with van der Waals surface area (Å²) in [4.78, 5) is 23.5. The van der Waals surface area contributed by atoms with E-state index in [0.29, 0.717) is 5.69 Å². The van der Waals surface area contributed by atoms with Gasteiger partial charge in [-0.05, 0) is 31.0 Å². The number of aromatic nitrogens is 1. The molecule has 0 fully saturated rings. The summed E-state index contributed by atoms with van der Waals surface area (Å²) in [6.07, 6.45) is 0. The van der Waals surface area contributed by atoms with E-state index in [1.807, 2.05) is 25.1 Å². The number of hydrogen-bond donors (Lipinski definition) is 2. The average molecular weight is 288 g/mol. The van der Waals surface area contributed by atoms with Crippen molar-refractivity contribution < 1.29 is 14.7 Å². The highest BCUT2D eigenvalue weighted by Crippen LogP contribution is 2.20. The van der Waals surface area contributed by atoms with E-state index in [1.54, 1.807) is 31.5 Å². The number of carboxylic acid groups (broad SMARTS) is 1. The largest absolute Gasteiger partial charge is 0.480 e. The predicted molar refractivity (Wildman–Crippen MR) is 81.4 cm³/mol. The summed E-state index contributed by atoms with van der Waals surface area (Å²) in [7, 11) is 1.80. The van der Waals surface area contributed by atoms with Crippen molar-refractivity contribution in [3.63, 3.8) is 0 Å². The molecule has 0 saturated carbocycles. The number of carboxylic acids is 1. The molecule has 2 aromatic rings. The second-order valence-electron chi connectivity index (χ2n) is 5.68. The van der Waals surface area contributed by atoms with E-state index in [2.05, 4.69) is 5.32 Å². The van der Waals surface area contributed by atoms with Gasteiger partial charge in [-0.1, -0.05) is 25.5 Å². The van der Waals surface area contributed by atoms with E-state index in [0.717, 1.165) is 16.5 Å². The van der Waals surface area contributed by atoms with Gasteiger partial charge in [-0.3, -0.25) is 4.79 Å². The number of aliphatic carboxylic acids is 1. The molecule has 1 aromatic heterocycles. The number of carbonyl (C=O) groups is 2. The zero-order chi connectivity index (χ0) is 15.7.